The van der Waals surface area contributed by atoms with E-state index in [0.717, 1.165) is 15.5 Å². The highest BCUT2D eigenvalue weighted by Gasteiger charge is 2.07. The van der Waals surface area contributed by atoms with Crippen molar-refractivity contribution in [3.05, 3.63) is 71.2 Å². The molecule has 106 valence electrons. The van der Waals surface area contributed by atoms with E-state index in [1.54, 1.807) is 11.8 Å². The molecule has 0 heterocycles. The van der Waals surface area contributed by atoms with Crippen LogP contribution in [0, 0.1) is 0 Å². The van der Waals surface area contributed by atoms with E-state index < -0.39 is 0 Å². The Bertz CT molecular complexity index is 783. The van der Waals surface area contributed by atoms with Crippen molar-refractivity contribution in [2.24, 2.45) is 5.73 Å². The standard InChI is InChI=1S/C18H16ClNS/c1-12(20)14-7-9-18(17(19)11-14)21-16-8-6-13-4-2-3-5-15(13)10-16/h2-12H,20H2,1H3/t12-/m1/s1. The third-order valence-electron chi connectivity index (χ3n) is 3.43. The summed E-state index contributed by atoms with van der Waals surface area (Å²) in [5.41, 5.74) is 6.94. The second kappa shape index (κ2) is 6.10. The Hall–Kier alpha value is -1.48. The molecule has 2 N–H and O–H groups in total. The lowest BCUT2D eigenvalue weighted by Gasteiger charge is -2.10. The first-order valence-electron chi connectivity index (χ1n) is 6.85. The highest BCUT2D eigenvalue weighted by molar-refractivity contribution is 7.99. The van der Waals surface area contributed by atoms with Crippen LogP contribution in [0.3, 0.4) is 0 Å². The van der Waals surface area contributed by atoms with E-state index in [2.05, 4.69) is 42.5 Å². The maximum absolute atomic E-state index is 6.37. The minimum absolute atomic E-state index is 0.00205. The van der Waals surface area contributed by atoms with Gasteiger partial charge in [0, 0.05) is 15.8 Å². The Balaban J connectivity index is 1.91. The van der Waals surface area contributed by atoms with Crippen molar-refractivity contribution in [2.75, 3.05) is 0 Å². The second-order valence-electron chi connectivity index (χ2n) is 5.09. The Morgan fingerprint density at radius 1 is 0.952 bits per heavy atom. The van der Waals surface area contributed by atoms with Crippen molar-refractivity contribution in [1.29, 1.82) is 0 Å². The van der Waals surface area contributed by atoms with Crippen molar-refractivity contribution in [1.82, 2.24) is 0 Å². The van der Waals surface area contributed by atoms with Crippen LogP contribution in [0.4, 0.5) is 0 Å². The maximum atomic E-state index is 6.37. The first kappa shape index (κ1) is 14.5. The van der Waals surface area contributed by atoms with Crippen LogP contribution in [-0.4, -0.2) is 0 Å². The molecule has 3 heteroatoms. The molecular weight excluding hydrogens is 298 g/mol. The van der Waals surface area contributed by atoms with Gasteiger partial charge in [0.2, 0.25) is 0 Å². The number of nitrogens with two attached hydrogens (primary N) is 1. The van der Waals surface area contributed by atoms with Crippen LogP contribution in [0.15, 0.2) is 70.5 Å². The van der Waals surface area contributed by atoms with Crippen molar-refractivity contribution in [3.8, 4) is 0 Å². The predicted octanol–water partition coefficient (Wildman–Crippen LogP) is 5.66. The third-order valence-corrected chi connectivity index (χ3v) is 4.92. The molecule has 0 saturated heterocycles. The van der Waals surface area contributed by atoms with Gasteiger partial charge < -0.3 is 5.73 Å². The number of halogens is 1. The SMILES string of the molecule is C[C@@H](N)c1ccc(Sc2ccc3ccccc3c2)c(Cl)c1. The molecule has 1 atom stereocenters. The maximum Gasteiger partial charge on any atom is 0.0548 e. The van der Waals surface area contributed by atoms with E-state index in [0.29, 0.717) is 0 Å². The van der Waals surface area contributed by atoms with Gasteiger partial charge in [-0.2, -0.15) is 0 Å². The van der Waals surface area contributed by atoms with Crippen molar-refractivity contribution >= 4 is 34.1 Å². The van der Waals surface area contributed by atoms with E-state index in [-0.39, 0.29) is 6.04 Å². The van der Waals surface area contributed by atoms with Crippen LogP contribution in [0.5, 0.6) is 0 Å². The molecule has 3 rings (SSSR count). The van der Waals surface area contributed by atoms with Gasteiger partial charge in [0.1, 0.15) is 0 Å². The van der Waals surface area contributed by atoms with Gasteiger partial charge in [-0.3, -0.25) is 0 Å². The van der Waals surface area contributed by atoms with E-state index in [4.69, 9.17) is 17.3 Å². The fraction of sp³-hybridized carbons (Fsp3) is 0.111. The summed E-state index contributed by atoms with van der Waals surface area (Å²) >= 11 is 8.04. The van der Waals surface area contributed by atoms with Crippen LogP contribution in [0.1, 0.15) is 18.5 Å². The Kier molecular flexibility index (Phi) is 4.20. The summed E-state index contributed by atoms with van der Waals surface area (Å²) in [5, 5.41) is 3.24. The van der Waals surface area contributed by atoms with Crippen LogP contribution in [-0.2, 0) is 0 Å². The normalized spacial score (nSPS) is 12.5. The summed E-state index contributed by atoms with van der Waals surface area (Å²) in [5.74, 6) is 0. The minimum atomic E-state index is 0.00205. The van der Waals surface area contributed by atoms with Gasteiger partial charge in [0.05, 0.1) is 5.02 Å². The molecule has 0 amide bonds. The highest BCUT2D eigenvalue weighted by Crippen LogP contribution is 2.35. The molecule has 1 nitrogen and oxygen atoms in total. The molecule has 0 unspecified atom stereocenters. The molecule has 0 fully saturated rings. The van der Waals surface area contributed by atoms with Gasteiger partial charge >= 0.3 is 0 Å². The highest BCUT2D eigenvalue weighted by atomic mass is 35.5. The minimum Gasteiger partial charge on any atom is -0.324 e. The van der Waals surface area contributed by atoms with E-state index in [9.17, 15) is 0 Å². The van der Waals surface area contributed by atoms with Crippen molar-refractivity contribution in [3.63, 3.8) is 0 Å². The second-order valence-corrected chi connectivity index (χ2v) is 6.61. The first-order valence-corrected chi connectivity index (χ1v) is 8.04. The monoisotopic (exact) mass is 313 g/mol. The molecule has 0 spiro atoms. The van der Waals surface area contributed by atoms with Crippen molar-refractivity contribution < 1.29 is 0 Å². The van der Waals surface area contributed by atoms with Crippen LogP contribution in [0.2, 0.25) is 5.02 Å². The molecule has 0 aliphatic heterocycles. The third kappa shape index (κ3) is 3.24. The molecule has 21 heavy (non-hydrogen) atoms. The summed E-state index contributed by atoms with van der Waals surface area (Å²) in [6.45, 7) is 1.96. The lowest BCUT2D eigenvalue weighted by Crippen LogP contribution is -2.04. The van der Waals surface area contributed by atoms with Gasteiger partial charge in [0.15, 0.2) is 0 Å². The fourth-order valence-corrected chi connectivity index (χ4v) is 3.41. The van der Waals surface area contributed by atoms with Gasteiger partial charge in [-0.25, -0.2) is 0 Å². The van der Waals surface area contributed by atoms with E-state index in [1.165, 1.54) is 15.7 Å². The number of hydrogen-bond donors (Lipinski definition) is 1. The summed E-state index contributed by atoms with van der Waals surface area (Å²) < 4.78 is 0. The zero-order valence-electron chi connectivity index (χ0n) is 11.7. The molecule has 0 bridgehead atoms. The molecule has 0 aromatic heterocycles. The molecule has 0 radical (unpaired) electrons. The molecule has 3 aromatic rings. The predicted molar refractivity (Wildman–Crippen MR) is 92.1 cm³/mol. The molecule has 0 saturated carbocycles. The first-order chi connectivity index (χ1) is 10.1. The summed E-state index contributed by atoms with van der Waals surface area (Å²) in [7, 11) is 0. The smallest absolute Gasteiger partial charge is 0.0548 e. The number of fused-ring (bicyclic) bond motifs is 1. The fourth-order valence-electron chi connectivity index (χ4n) is 2.24. The average molecular weight is 314 g/mol. The van der Waals surface area contributed by atoms with E-state index in [1.807, 2.05) is 25.1 Å². The van der Waals surface area contributed by atoms with Crippen LogP contribution < -0.4 is 5.73 Å². The average Bonchev–Trinajstić information content (AvgIpc) is 2.49. The van der Waals surface area contributed by atoms with Crippen LogP contribution in [0.25, 0.3) is 10.8 Å². The molecular formula is C18H16ClNS. The molecule has 3 aromatic carbocycles. The van der Waals surface area contributed by atoms with Gasteiger partial charge in [0.25, 0.3) is 0 Å². The van der Waals surface area contributed by atoms with Crippen LogP contribution >= 0.6 is 23.4 Å². The van der Waals surface area contributed by atoms with E-state index >= 15 is 0 Å². The van der Waals surface area contributed by atoms with Gasteiger partial charge in [-0.1, -0.05) is 59.8 Å². The number of hydrogen-bond acceptors (Lipinski definition) is 2. The van der Waals surface area contributed by atoms with Gasteiger partial charge in [-0.15, -0.1) is 0 Å². The lowest BCUT2D eigenvalue weighted by molar-refractivity contribution is 0.817. The Labute approximate surface area is 134 Å². The molecule has 0 aliphatic rings. The topological polar surface area (TPSA) is 26.0 Å². The largest absolute Gasteiger partial charge is 0.324 e. The Morgan fingerprint density at radius 3 is 2.43 bits per heavy atom. The van der Waals surface area contributed by atoms with Crippen molar-refractivity contribution in [2.45, 2.75) is 22.8 Å². The summed E-state index contributed by atoms with van der Waals surface area (Å²) in [6.07, 6.45) is 0. The summed E-state index contributed by atoms with van der Waals surface area (Å²) in [6, 6.07) is 20.9. The zero-order chi connectivity index (χ0) is 14.8. The van der Waals surface area contributed by atoms with Gasteiger partial charge in [-0.05, 0) is 47.5 Å². The summed E-state index contributed by atoms with van der Waals surface area (Å²) in [4.78, 5) is 2.24. The number of benzene rings is 3. The number of rotatable bonds is 3. The quantitative estimate of drug-likeness (QED) is 0.674. The Morgan fingerprint density at radius 2 is 1.71 bits per heavy atom. The molecule has 0 aliphatic carbocycles. The zero-order valence-corrected chi connectivity index (χ0v) is 13.3. The lowest BCUT2D eigenvalue weighted by atomic mass is 10.1.